The number of imide groups is 1. The van der Waals surface area contributed by atoms with Crippen LogP contribution < -0.4 is 10.1 Å². The average Bonchev–Trinajstić information content (AvgIpc) is 3.37. The van der Waals surface area contributed by atoms with E-state index in [9.17, 15) is 29.3 Å². The van der Waals surface area contributed by atoms with Crippen molar-refractivity contribution in [3.63, 3.8) is 0 Å². The molecule has 0 unspecified atom stereocenters. The molecule has 13 nitrogen and oxygen atoms in total. The Morgan fingerprint density at radius 3 is 2.63 bits per heavy atom. The summed E-state index contributed by atoms with van der Waals surface area (Å²) in [4.78, 5) is 59.8. The summed E-state index contributed by atoms with van der Waals surface area (Å²) in [6.45, 7) is 2.54. The predicted molar refractivity (Wildman–Crippen MR) is 117 cm³/mol. The van der Waals surface area contributed by atoms with E-state index in [4.69, 9.17) is 13.9 Å². The third-order valence-corrected chi connectivity index (χ3v) is 4.53. The molecule has 35 heavy (non-hydrogen) atoms. The first-order valence-electron chi connectivity index (χ1n) is 10.2. The Labute approximate surface area is 198 Å². The van der Waals surface area contributed by atoms with Gasteiger partial charge in [-0.25, -0.2) is 14.4 Å². The van der Waals surface area contributed by atoms with Gasteiger partial charge < -0.3 is 23.9 Å². The summed E-state index contributed by atoms with van der Waals surface area (Å²) in [7, 11) is 1.18. The second-order valence-electron chi connectivity index (χ2n) is 7.45. The number of nitro groups is 1. The van der Waals surface area contributed by atoms with E-state index in [1.54, 1.807) is 13.8 Å². The number of nitrogens with one attached hydrogen (secondary N) is 1. The fraction of sp³-hybridized carbons (Fsp3) is 0.273. The van der Waals surface area contributed by atoms with Gasteiger partial charge in [-0.15, -0.1) is 0 Å². The van der Waals surface area contributed by atoms with Gasteiger partial charge >= 0.3 is 23.7 Å². The van der Waals surface area contributed by atoms with Crippen LogP contribution in [-0.4, -0.2) is 53.5 Å². The molecule has 0 bridgehead atoms. The highest BCUT2D eigenvalue weighted by Gasteiger charge is 2.34. The standard InChI is InChI=1S/C22H21N3O10/c1-12(2)34-19(26)11-33-17-6-4-13(9-16(17)25(30)31)8-15-20(27)24(22(29)23-15)10-14-5-7-18(35-14)21(28)32-3/h4-9,12H,10-11H2,1-3H3,(H,23,29)/b15-8-. The van der Waals surface area contributed by atoms with E-state index in [2.05, 4.69) is 10.1 Å². The molecule has 0 aliphatic carbocycles. The van der Waals surface area contributed by atoms with Crippen LogP contribution in [0.25, 0.3) is 6.08 Å². The van der Waals surface area contributed by atoms with E-state index in [0.29, 0.717) is 0 Å². The number of amides is 3. The van der Waals surface area contributed by atoms with Gasteiger partial charge in [0.15, 0.2) is 12.4 Å². The molecule has 1 N–H and O–H groups in total. The molecule has 0 radical (unpaired) electrons. The molecular weight excluding hydrogens is 466 g/mol. The smallest absolute Gasteiger partial charge is 0.373 e. The third-order valence-electron chi connectivity index (χ3n) is 4.53. The van der Waals surface area contributed by atoms with Gasteiger partial charge in [0, 0.05) is 6.07 Å². The normalized spacial score (nSPS) is 14.3. The number of hydrogen-bond acceptors (Lipinski definition) is 10. The van der Waals surface area contributed by atoms with Crippen LogP contribution in [0.3, 0.4) is 0 Å². The molecule has 2 heterocycles. The molecular formula is C22H21N3O10. The van der Waals surface area contributed by atoms with Gasteiger partial charge in [0.1, 0.15) is 11.5 Å². The minimum absolute atomic E-state index is 0.0857. The van der Waals surface area contributed by atoms with Crippen LogP contribution >= 0.6 is 0 Å². The number of carbonyl (C=O) groups excluding carboxylic acids is 4. The number of benzene rings is 1. The molecule has 0 saturated carbocycles. The minimum atomic E-state index is -0.740. The number of ether oxygens (including phenoxy) is 3. The Morgan fingerprint density at radius 2 is 1.97 bits per heavy atom. The van der Waals surface area contributed by atoms with Crippen molar-refractivity contribution in [2.75, 3.05) is 13.7 Å². The van der Waals surface area contributed by atoms with Crippen LogP contribution in [0.1, 0.15) is 35.7 Å². The molecule has 3 amide bonds. The Hall–Kier alpha value is -4.68. The van der Waals surface area contributed by atoms with E-state index < -0.39 is 41.1 Å². The number of nitrogens with zero attached hydrogens (tertiary/aromatic N) is 2. The molecule has 1 aliphatic rings. The van der Waals surface area contributed by atoms with Crippen molar-refractivity contribution in [3.05, 3.63) is 63.2 Å². The zero-order valence-corrected chi connectivity index (χ0v) is 18.9. The van der Waals surface area contributed by atoms with E-state index in [1.165, 1.54) is 37.5 Å². The van der Waals surface area contributed by atoms with Gasteiger partial charge in [0.2, 0.25) is 5.76 Å². The summed E-state index contributed by atoms with van der Waals surface area (Å²) < 4.78 is 19.9. The highest BCUT2D eigenvalue weighted by atomic mass is 16.6. The van der Waals surface area contributed by atoms with Gasteiger partial charge in [0.25, 0.3) is 5.91 Å². The number of rotatable bonds is 9. The van der Waals surface area contributed by atoms with Crippen LogP contribution in [0, 0.1) is 10.1 Å². The number of esters is 2. The summed E-state index contributed by atoms with van der Waals surface area (Å²) >= 11 is 0. The van der Waals surface area contributed by atoms with Gasteiger partial charge in [-0.3, -0.25) is 19.8 Å². The first-order chi connectivity index (χ1) is 16.6. The lowest BCUT2D eigenvalue weighted by Gasteiger charge is -2.10. The summed E-state index contributed by atoms with van der Waals surface area (Å²) in [5.74, 6) is -2.18. The van der Waals surface area contributed by atoms with Crippen molar-refractivity contribution in [2.24, 2.45) is 0 Å². The topological polar surface area (TPSA) is 168 Å². The summed E-state index contributed by atoms with van der Waals surface area (Å²) in [6, 6.07) is 5.85. The third kappa shape index (κ3) is 6.01. The van der Waals surface area contributed by atoms with Crippen molar-refractivity contribution in [1.29, 1.82) is 0 Å². The SMILES string of the molecule is COC(=O)c1ccc(CN2C(=O)N/C(=C\c3ccc(OCC(=O)OC(C)C)c([N+](=O)[O-])c3)C2=O)o1. The first-order valence-corrected chi connectivity index (χ1v) is 10.2. The molecule has 1 aromatic carbocycles. The quantitative estimate of drug-likeness (QED) is 0.182. The van der Waals surface area contributed by atoms with E-state index >= 15 is 0 Å². The molecule has 0 atom stereocenters. The van der Waals surface area contributed by atoms with Crippen LogP contribution in [0.15, 0.2) is 40.4 Å². The van der Waals surface area contributed by atoms with E-state index in [0.717, 1.165) is 11.0 Å². The van der Waals surface area contributed by atoms with Gasteiger partial charge in [0.05, 0.1) is 24.7 Å². The van der Waals surface area contributed by atoms with Gasteiger partial charge in [-0.2, -0.15) is 0 Å². The minimum Gasteiger partial charge on any atom is -0.475 e. The van der Waals surface area contributed by atoms with Crippen LogP contribution in [0.5, 0.6) is 5.75 Å². The molecule has 0 spiro atoms. The van der Waals surface area contributed by atoms with Crippen LogP contribution in [0.2, 0.25) is 0 Å². The van der Waals surface area contributed by atoms with Crippen molar-refractivity contribution in [3.8, 4) is 5.75 Å². The fourth-order valence-electron chi connectivity index (χ4n) is 3.03. The predicted octanol–water partition coefficient (Wildman–Crippen LogP) is 2.40. The van der Waals surface area contributed by atoms with Crippen LogP contribution in [0.4, 0.5) is 10.5 Å². The molecule has 1 fully saturated rings. The Bertz CT molecular complexity index is 1210. The average molecular weight is 487 g/mol. The lowest BCUT2D eigenvalue weighted by molar-refractivity contribution is -0.385. The Kier molecular flexibility index (Phi) is 7.49. The maximum absolute atomic E-state index is 12.7. The fourth-order valence-corrected chi connectivity index (χ4v) is 3.03. The lowest BCUT2D eigenvalue weighted by Crippen LogP contribution is -2.30. The number of hydrogen-bond donors (Lipinski definition) is 1. The number of methoxy groups -OCH3 is 1. The maximum atomic E-state index is 12.7. The molecule has 1 aromatic heterocycles. The number of nitro benzene ring substituents is 1. The largest absolute Gasteiger partial charge is 0.475 e. The molecule has 13 heteroatoms. The zero-order valence-electron chi connectivity index (χ0n) is 18.9. The number of carbonyl (C=O) groups is 4. The summed E-state index contributed by atoms with van der Waals surface area (Å²) in [6.07, 6.45) is 0.892. The summed E-state index contributed by atoms with van der Waals surface area (Å²) in [5, 5.41) is 13.9. The monoisotopic (exact) mass is 487 g/mol. The molecule has 1 saturated heterocycles. The lowest BCUT2D eigenvalue weighted by atomic mass is 10.1. The van der Waals surface area contributed by atoms with Crippen molar-refractivity contribution >= 4 is 35.6 Å². The number of urea groups is 1. The van der Waals surface area contributed by atoms with Crippen molar-refractivity contribution < 1.29 is 42.7 Å². The Balaban J connectivity index is 1.75. The molecule has 2 aromatic rings. The second kappa shape index (κ2) is 10.5. The van der Waals surface area contributed by atoms with Gasteiger partial charge in [-0.1, -0.05) is 6.07 Å². The highest BCUT2D eigenvalue weighted by Crippen LogP contribution is 2.29. The molecule has 1 aliphatic heterocycles. The van der Waals surface area contributed by atoms with Crippen LogP contribution in [-0.2, 0) is 25.6 Å². The van der Waals surface area contributed by atoms with Crippen molar-refractivity contribution in [2.45, 2.75) is 26.5 Å². The number of furan rings is 1. The van der Waals surface area contributed by atoms with E-state index in [-0.39, 0.29) is 41.2 Å². The van der Waals surface area contributed by atoms with Gasteiger partial charge in [-0.05, 0) is 43.7 Å². The zero-order chi connectivity index (χ0) is 25.7. The molecule has 3 rings (SSSR count). The second-order valence-corrected chi connectivity index (χ2v) is 7.45. The Morgan fingerprint density at radius 1 is 1.23 bits per heavy atom. The molecule has 184 valence electrons. The van der Waals surface area contributed by atoms with Crippen molar-refractivity contribution in [1.82, 2.24) is 10.2 Å². The maximum Gasteiger partial charge on any atom is 0.373 e. The van der Waals surface area contributed by atoms with E-state index in [1.807, 2.05) is 0 Å². The highest BCUT2D eigenvalue weighted by molar-refractivity contribution is 6.13. The summed E-state index contributed by atoms with van der Waals surface area (Å²) in [5.41, 5.74) is -0.347. The first kappa shape index (κ1) is 25.0.